The zero-order valence-electron chi connectivity index (χ0n) is 15.3. The first-order valence-electron chi connectivity index (χ1n) is 8.38. The Morgan fingerprint density at radius 1 is 1.04 bits per heavy atom. The Bertz CT molecular complexity index is 543. The van der Waals surface area contributed by atoms with Gasteiger partial charge in [0, 0.05) is 0 Å². The van der Waals surface area contributed by atoms with Crippen molar-refractivity contribution in [2.75, 3.05) is 6.61 Å². The molecule has 0 aliphatic rings. The van der Waals surface area contributed by atoms with E-state index in [0.29, 0.717) is 23.2 Å². The summed E-state index contributed by atoms with van der Waals surface area (Å²) in [6.45, 7) is 17.7. The number of hydrogen-bond acceptors (Lipinski definition) is 2. The largest absolute Gasteiger partial charge is 0.499 e. The predicted octanol–water partition coefficient (Wildman–Crippen LogP) is 5.75. The molecule has 0 unspecified atom stereocenters. The van der Waals surface area contributed by atoms with E-state index in [1.165, 1.54) is 0 Å². The van der Waals surface area contributed by atoms with Crippen LogP contribution in [0.4, 0.5) is 0 Å². The Balaban J connectivity index is 3.05. The second-order valence-electron chi connectivity index (χ2n) is 6.74. The van der Waals surface area contributed by atoms with Crippen LogP contribution in [-0.4, -0.2) is 14.9 Å². The van der Waals surface area contributed by atoms with Crippen molar-refractivity contribution >= 4 is 8.32 Å². The zero-order chi connectivity index (χ0) is 17.5. The smallest absolute Gasteiger partial charge is 0.272 e. The highest BCUT2D eigenvalue weighted by atomic mass is 28.4. The number of rotatable bonds is 7. The van der Waals surface area contributed by atoms with E-state index < -0.39 is 8.32 Å². The van der Waals surface area contributed by atoms with Gasteiger partial charge >= 0.3 is 0 Å². The van der Waals surface area contributed by atoms with Crippen molar-refractivity contribution < 1.29 is 9.16 Å². The van der Waals surface area contributed by atoms with Crippen LogP contribution in [0, 0.1) is 12.0 Å². The van der Waals surface area contributed by atoms with Gasteiger partial charge in [-0.05, 0) is 34.7 Å². The minimum atomic E-state index is -1.95. The van der Waals surface area contributed by atoms with Crippen LogP contribution >= 0.6 is 0 Å². The van der Waals surface area contributed by atoms with Gasteiger partial charge in [-0.1, -0.05) is 66.3 Å². The molecular formula is C20H30O2Si. The molecular weight excluding hydrogens is 300 g/mol. The number of ether oxygens (including phenoxy) is 1. The van der Waals surface area contributed by atoms with Gasteiger partial charge in [-0.2, -0.15) is 0 Å². The Morgan fingerprint density at radius 3 is 2.13 bits per heavy atom. The molecule has 0 atom stereocenters. The monoisotopic (exact) mass is 330 g/mol. The van der Waals surface area contributed by atoms with Gasteiger partial charge in [0.25, 0.3) is 8.32 Å². The molecule has 0 saturated heterocycles. The molecule has 0 aromatic heterocycles. The molecule has 0 bridgehead atoms. The van der Waals surface area contributed by atoms with Crippen molar-refractivity contribution in [1.82, 2.24) is 0 Å². The van der Waals surface area contributed by atoms with Crippen molar-refractivity contribution in [1.29, 1.82) is 0 Å². The van der Waals surface area contributed by atoms with E-state index in [2.05, 4.69) is 60.1 Å². The molecule has 1 aromatic carbocycles. The van der Waals surface area contributed by atoms with Crippen LogP contribution in [0.25, 0.3) is 0 Å². The summed E-state index contributed by atoms with van der Waals surface area (Å²) in [4.78, 5) is 0. The molecule has 2 nitrogen and oxygen atoms in total. The minimum absolute atomic E-state index is 0.474. The maximum absolute atomic E-state index is 6.28. The van der Waals surface area contributed by atoms with E-state index in [9.17, 15) is 0 Å². The molecule has 0 saturated carbocycles. The standard InChI is InChI=1S/C20H30O2Si/c1-8-14-21-20-12-10-9-11-19(20)13-15-22-23(16(2)3,17(4)5)18(6)7/h8-12,16-18H,1,14H2,2-7H3. The van der Waals surface area contributed by atoms with Crippen LogP contribution in [0.1, 0.15) is 47.1 Å². The van der Waals surface area contributed by atoms with Gasteiger partial charge < -0.3 is 9.16 Å². The second kappa shape index (κ2) is 8.84. The van der Waals surface area contributed by atoms with Crippen LogP contribution in [0.3, 0.4) is 0 Å². The maximum Gasteiger partial charge on any atom is 0.272 e. The highest BCUT2D eigenvalue weighted by Gasteiger charge is 2.46. The molecule has 0 N–H and O–H groups in total. The van der Waals surface area contributed by atoms with Crippen LogP contribution in [-0.2, 0) is 4.43 Å². The molecule has 126 valence electrons. The highest BCUT2D eigenvalue weighted by Crippen LogP contribution is 2.41. The maximum atomic E-state index is 6.28. The number of para-hydroxylation sites is 1. The topological polar surface area (TPSA) is 18.5 Å². The lowest BCUT2D eigenvalue weighted by Crippen LogP contribution is -2.46. The van der Waals surface area contributed by atoms with Crippen LogP contribution in [0.5, 0.6) is 5.75 Å². The summed E-state index contributed by atoms with van der Waals surface area (Å²) in [6.07, 6.45) is 4.74. The van der Waals surface area contributed by atoms with Crippen LogP contribution in [0.15, 0.2) is 36.9 Å². The van der Waals surface area contributed by atoms with E-state index >= 15 is 0 Å². The lowest BCUT2D eigenvalue weighted by molar-refractivity contribution is 0.362. The van der Waals surface area contributed by atoms with Crippen molar-refractivity contribution in [3.8, 4) is 17.8 Å². The van der Waals surface area contributed by atoms with Crippen molar-refractivity contribution in [3.05, 3.63) is 42.5 Å². The molecule has 3 heteroatoms. The van der Waals surface area contributed by atoms with Gasteiger partial charge in [0.1, 0.15) is 18.5 Å². The Labute approximate surface area is 143 Å². The normalized spacial score (nSPS) is 11.3. The minimum Gasteiger partial charge on any atom is -0.499 e. The molecule has 0 spiro atoms. The van der Waals surface area contributed by atoms with E-state index in [-0.39, 0.29) is 0 Å². The quantitative estimate of drug-likeness (QED) is 0.360. The lowest BCUT2D eigenvalue weighted by Gasteiger charge is -2.39. The predicted molar refractivity (Wildman–Crippen MR) is 101 cm³/mol. The molecule has 1 aromatic rings. The van der Waals surface area contributed by atoms with Crippen molar-refractivity contribution in [2.45, 2.75) is 58.2 Å². The third kappa shape index (κ3) is 4.65. The van der Waals surface area contributed by atoms with Gasteiger partial charge in [-0.15, -0.1) is 0 Å². The second-order valence-corrected chi connectivity index (χ2v) is 12.1. The fourth-order valence-corrected chi connectivity index (χ4v) is 8.30. The molecule has 0 fully saturated rings. The fraction of sp³-hybridized carbons (Fsp3) is 0.500. The van der Waals surface area contributed by atoms with Gasteiger partial charge in [-0.25, -0.2) is 0 Å². The van der Waals surface area contributed by atoms with Gasteiger partial charge in [0.05, 0.1) is 5.56 Å². The van der Waals surface area contributed by atoms with E-state index in [0.717, 1.165) is 11.3 Å². The summed E-state index contributed by atoms with van der Waals surface area (Å²) in [5, 5.41) is 0. The summed E-state index contributed by atoms with van der Waals surface area (Å²) in [5.41, 5.74) is 2.41. The van der Waals surface area contributed by atoms with Gasteiger partial charge in [0.2, 0.25) is 0 Å². The summed E-state index contributed by atoms with van der Waals surface area (Å²) in [7, 11) is -1.95. The third-order valence-corrected chi connectivity index (χ3v) is 10.2. The molecule has 0 amide bonds. The first-order chi connectivity index (χ1) is 10.9. The van der Waals surface area contributed by atoms with E-state index in [1.54, 1.807) is 6.08 Å². The third-order valence-electron chi connectivity index (χ3n) is 4.36. The summed E-state index contributed by atoms with van der Waals surface area (Å²) >= 11 is 0. The van der Waals surface area contributed by atoms with Crippen molar-refractivity contribution in [3.63, 3.8) is 0 Å². The first-order valence-corrected chi connectivity index (χ1v) is 10.5. The molecule has 0 aliphatic heterocycles. The van der Waals surface area contributed by atoms with E-state index in [1.807, 2.05) is 24.3 Å². The van der Waals surface area contributed by atoms with Gasteiger partial charge in [0.15, 0.2) is 0 Å². The summed E-state index contributed by atoms with van der Waals surface area (Å²) in [6, 6.07) is 7.78. The average Bonchev–Trinajstić information content (AvgIpc) is 2.49. The first kappa shape index (κ1) is 19.4. The molecule has 0 radical (unpaired) electrons. The number of hydrogen-bond donors (Lipinski definition) is 0. The Morgan fingerprint density at radius 2 is 1.61 bits per heavy atom. The van der Waals surface area contributed by atoms with Crippen LogP contribution in [0.2, 0.25) is 16.6 Å². The van der Waals surface area contributed by atoms with Crippen molar-refractivity contribution in [2.24, 2.45) is 0 Å². The molecule has 0 heterocycles. The van der Waals surface area contributed by atoms with Crippen LogP contribution < -0.4 is 4.74 Å². The Kier molecular flexibility index (Phi) is 7.45. The Hall–Kier alpha value is -1.66. The lowest BCUT2D eigenvalue weighted by atomic mass is 10.2. The van der Waals surface area contributed by atoms with Gasteiger partial charge in [-0.3, -0.25) is 0 Å². The van der Waals surface area contributed by atoms with E-state index in [4.69, 9.17) is 9.16 Å². The fourth-order valence-electron chi connectivity index (χ4n) is 3.37. The molecule has 0 aliphatic carbocycles. The molecule has 1 rings (SSSR count). The highest BCUT2D eigenvalue weighted by molar-refractivity contribution is 6.77. The summed E-state index contributed by atoms with van der Waals surface area (Å²) < 4.78 is 11.9. The molecule has 23 heavy (non-hydrogen) atoms. The zero-order valence-corrected chi connectivity index (χ0v) is 16.3. The summed E-state index contributed by atoms with van der Waals surface area (Å²) in [5.74, 6) is 3.92. The average molecular weight is 331 g/mol. The SMILES string of the molecule is C=CCOc1ccccc1C#CO[Si](C(C)C)(C(C)C)C(C)C. The number of benzene rings is 1.